The minimum atomic E-state index is -0.269. The molecule has 1 unspecified atom stereocenters. The van der Waals surface area contributed by atoms with Crippen molar-refractivity contribution in [2.75, 3.05) is 31.6 Å². The number of hydrogen-bond donors (Lipinski definition) is 2. The third-order valence-corrected chi connectivity index (χ3v) is 3.67. The predicted octanol–water partition coefficient (Wildman–Crippen LogP) is 2.72. The maximum atomic E-state index is 12.6. The zero-order valence-electron chi connectivity index (χ0n) is 14.9. The van der Waals surface area contributed by atoms with Gasteiger partial charge in [-0.2, -0.15) is 0 Å². The standard InChI is InChI=1S/C18H27N3O3/c1-13-11-21(8-9-24-13)16(22)14-6-5-7-15(10-14)20-17(23)19-12-18(2,3)4/h5-7,10,13H,8-9,11-12H2,1-4H3,(H2,19,20,23). The fourth-order valence-corrected chi connectivity index (χ4v) is 2.44. The number of nitrogens with one attached hydrogen (secondary N) is 2. The van der Waals surface area contributed by atoms with Crippen molar-refractivity contribution in [3.63, 3.8) is 0 Å². The average molecular weight is 333 g/mol. The molecular weight excluding hydrogens is 306 g/mol. The molecule has 1 aromatic rings. The highest BCUT2D eigenvalue weighted by atomic mass is 16.5. The Bertz CT molecular complexity index is 595. The van der Waals surface area contributed by atoms with Gasteiger partial charge in [0.2, 0.25) is 0 Å². The third kappa shape index (κ3) is 5.53. The van der Waals surface area contributed by atoms with Crippen molar-refractivity contribution in [1.29, 1.82) is 0 Å². The van der Waals surface area contributed by atoms with Crippen molar-refractivity contribution in [3.05, 3.63) is 29.8 Å². The van der Waals surface area contributed by atoms with E-state index in [9.17, 15) is 9.59 Å². The average Bonchev–Trinajstić information content (AvgIpc) is 2.52. The van der Waals surface area contributed by atoms with E-state index >= 15 is 0 Å². The van der Waals surface area contributed by atoms with Crippen LogP contribution in [0.5, 0.6) is 0 Å². The number of amides is 3. The number of ether oxygens (including phenoxy) is 1. The van der Waals surface area contributed by atoms with E-state index in [1.165, 1.54) is 0 Å². The first kappa shape index (κ1) is 18.3. The van der Waals surface area contributed by atoms with Gasteiger partial charge in [-0.1, -0.05) is 26.8 Å². The maximum Gasteiger partial charge on any atom is 0.319 e. The molecule has 2 N–H and O–H groups in total. The molecule has 24 heavy (non-hydrogen) atoms. The minimum absolute atomic E-state index is 0.0161. The summed E-state index contributed by atoms with van der Waals surface area (Å²) in [5.74, 6) is -0.0381. The number of benzene rings is 1. The largest absolute Gasteiger partial charge is 0.375 e. The van der Waals surface area contributed by atoms with Crippen LogP contribution in [0.2, 0.25) is 0 Å². The van der Waals surface area contributed by atoms with Crippen molar-refractivity contribution in [1.82, 2.24) is 10.2 Å². The second-order valence-electron chi connectivity index (χ2n) is 7.38. The van der Waals surface area contributed by atoms with E-state index in [0.717, 1.165) is 0 Å². The molecule has 1 fully saturated rings. The first-order valence-electron chi connectivity index (χ1n) is 8.30. The van der Waals surface area contributed by atoms with E-state index < -0.39 is 0 Å². The smallest absolute Gasteiger partial charge is 0.319 e. The number of rotatable bonds is 3. The van der Waals surface area contributed by atoms with E-state index in [4.69, 9.17) is 4.74 Å². The zero-order valence-corrected chi connectivity index (χ0v) is 14.9. The number of morpholine rings is 1. The van der Waals surface area contributed by atoms with E-state index in [2.05, 4.69) is 31.4 Å². The van der Waals surface area contributed by atoms with Gasteiger partial charge in [-0.3, -0.25) is 4.79 Å². The van der Waals surface area contributed by atoms with Crippen molar-refractivity contribution in [3.8, 4) is 0 Å². The van der Waals surface area contributed by atoms with Crippen molar-refractivity contribution in [2.45, 2.75) is 33.8 Å². The Labute approximate surface area is 143 Å². The lowest BCUT2D eigenvalue weighted by atomic mass is 9.97. The summed E-state index contributed by atoms with van der Waals surface area (Å²) in [6, 6.07) is 6.75. The van der Waals surface area contributed by atoms with Crippen LogP contribution in [0.4, 0.5) is 10.5 Å². The minimum Gasteiger partial charge on any atom is -0.375 e. The summed E-state index contributed by atoms with van der Waals surface area (Å²) in [6.45, 7) is 10.4. The molecule has 0 bridgehead atoms. The van der Waals surface area contributed by atoms with Crippen molar-refractivity contribution in [2.24, 2.45) is 5.41 Å². The van der Waals surface area contributed by atoms with Gasteiger partial charge in [0.1, 0.15) is 0 Å². The molecule has 0 aromatic heterocycles. The van der Waals surface area contributed by atoms with Gasteiger partial charge in [-0.05, 0) is 30.5 Å². The molecule has 2 rings (SSSR count). The zero-order chi connectivity index (χ0) is 17.7. The number of urea groups is 1. The molecule has 3 amide bonds. The summed E-state index contributed by atoms with van der Waals surface area (Å²) in [4.78, 5) is 26.3. The molecule has 0 radical (unpaired) electrons. The summed E-state index contributed by atoms with van der Waals surface area (Å²) in [7, 11) is 0. The number of carbonyl (C=O) groups excluding carboxylic acids is 2. The normalized spacial score (nSPS) is 18.2. The van der Waals surface area contributed by atoms with Crippen molar-refractivity contribution >= 4 is 17.6 Å². The molecular formula is C18H27N3O3. The molecule has 0 saturated carbocycles. The highest BCUT2D eigenvalue weighted by Crippen LogP contribution is 2.15. The second-order valence-corrected chi connectivity index (χ2v) is 7.38. The summed E-state index contributed by atoms with van der Waals surface area (Å²) in [6.07, 6.45) is 0.0483. The van der Waals surface area contributed by atoms with Crippen LogP contribution in [0.1, 0.15) is 38.1 Å². The quantitative estimate of drug-likeness (QED) is 0.893. The van der Waals surface area contributed by atoms with Gasteiger partial charge in [-0.15, -0.1) is 0 Å². The molecule has 1 aliphatic heterocycles. The molecule has 132 valence electrons. The van der Waals surface area contributed by atoms with Gasteiger partial charge >= 0.3 is 6.03 Å². The van der Waals surface area contributed by atoms with Gasteiger partial charge in [0.25, 0.3) is 5.91 Å². The van der Waals surface area contributed by atoms with Crippen molar-refractivity contribution < 1.29 is 14.3 Å². The Hall–Kier alpha value is -2.08. The number of anilines is 1. The Morgan fingerprint density at radius 1 is 1.33 bits per heavy atom. The van der Waals surface area contributed by atoms with Crippen LogP contribution in [0.3, 0.4) is 0 Å². The lowest BCUT2D eigenvalue weighted by Crippen LogP contribution is -2.44. The highest BCUT2D eigenvalue weighted by Gasteiger charge is 2.22. The topological polar surface area (TPSA) is 70.7 Å². The highest BCUT2D eigenvalue weighted by molar-refractivity contribution is 5.97. The summed E-state index contributed by atoms with van der Waals surface area (Å²) >= 11 is 0. The van der Waals surface area contributed by atoms with Gasteiger partial charge in [0.05, 0.1) is 12.7 Å². The molecule has 6 heteroatoms. The molecule has 1 aromatic carbocycles. The van der Waals surface area contributed by atoms with E-state index in [0.29, 0.717) is 37.5 Å². The molecule has 0 aliphatic carbocycles. The summed E-state index contributed by atoms with van der Waals surface area (Å²) in [5, 5.41) is 5.60. The van der Waals surface area contributed by atoms with Crippen LogP contribution in [0.25, 0.3) is 0 Å². The van der Waals surface area contributed by atoms with Gasteiger partial charge in [0.15, 0.2) is 0 Å². The third-order valence-electron chi connectivity index (χ3n) is 3.67. The van der Waals surface area contributed by atoms with E-state index in [-0.39, 0.29) is 23.5 Å². The van der Waals surface area contributed by atoms with Gasteiger partial charge < -0.3 is 20.3 Å². The van der Waals surface area contributed by atoms with Gasteiger partial charge in [-0.25, -0.2) is 4.79 Å². The fraction of sp³-hybridized carbons (Fsp3) is 0.556. The molecule has 0 spiro atoms. The lowest BCUT2D eigenvalue weighted by molar-refractivity contribution is -0.0124. The van der Waals surface area contributed by atoms with Crippen LogP contribution in [0, 0.1) is 5.41 Å². The predicted molar refractivity (Wildman–Crippen MR) is 94.2 cm³/mol. The lowest BCUT2D eigenvalue weighted by Gasteiger charge is -2.31. The van der Waals surface area contributed by atoms with Crippen LogP contribution in [-0.2, 0) is 4.74 Å². The van der Waals surface area contributed by atoms with Crippen LogP contribution < -0.4 is 10.6 Å². The Balaban J connectivity index is 1.98. The second kappa shape index (κ2) is 7.66. The van der Waals surface area contributed by atoms with Crippen LogP contribution in [-0.4, -0.2) is 49.2 Å². The fourth-order valence-electron chi connectivity index (χ4n) is 2.44. The molecule has 1 heterocycles. The Kier molecular flexibility index (Phi) is 5.83. The van der Waals surface area contributed by atoms with Gasteiger partial charge in [0, 0.05) is 30.9 Å². The number of nitrogens with zero attached hydrogens (tertiary/aromatic N) is 1. The monoisotopic (exact) mass is 333 g/mol. The maximum absolute atomic E-state index is 12.6. The first-order chi connectivity index (χ1) is 11.2. The molecule has 1 aliphatic rings. The van der Waals surface area contributed by atoms with Crippen LogP contribution in [0.15, 0.2) is 24.3 Å². The first-order valence-corrected chi connectivity index (χ1v) is 8.30. The Morgan fingerprint density at radius 3 is 2.75 bits per heavy atom. The number of hydrogen-bond acceptors (Lipinski definition) is 3. The molecule has 6 nitrogen and oxygen atoms in total. The summed E-state index contributed by atoms with van der Waals surface area (Å²) in [5.41, 5.74) is 1.19. The SMILES string of the molecule is CC1CN(C(=O)c2cccc(NC(=O)NCC(C)(C)C)c2)CCO1. The Morgan fingerprint density at radius 2 is 2.08 bits per heavy atom. The molecule has 1 atom stereocenters. The molecule has 1 saturated heterocycles. The summed E-state index contributed by atoms with van der Waals surface area (Å²) < 4.78 is 5.47. The van der Waals surface area contributed by atoms with Crippen LogP contribution >= 0.6 is 0 Å². The number of carbonyl (C=O) groups is 2. The van der Waals surface area contributed by atoms with E-state index in [1.54, 1.807) is 29.2 Å². The van der Waals surface area contributed by atoms with E-state index in [1.807, 2.05) is 6.92 Å².